The lowest BCUT2D eigenvalue weighted by atomic mass is 10.2. The predicted octanol–water partition coefficient (Wildman–Crippen LogP) is 2.91. The Morgan fingerprint density at radius 3 is 2.67 bits per heavy atom. The number of aromatic nitrogens is 3. The van der Waals surface area contributed by atoms with Gasteiger partial charge in [0.1, 0.15) is 17.4 Å². The van der Waals surface area contributed by atoms with Gasteiger partial charge >= 0.3 is 5.97 Å². The van der Waals surface area contributed by atoms with Crippen LogP contribution >= 0.6 is 0 Å². The Hall–Kier alpha value is -3.59. The van der Waals surface area contributed by atoms with E-state index in [9.17, 15) is 10.1 Å². The topological polar surface area (TPSA) is 71.8 Å². The summed E-state index contributed by atoms with van der Waals surface area (Å²) in [5.74, 6) is -0.424. The van der Waals surface area contributed by atoms with Crippen molar-refractivity contribution in [3.8, 4) is 17.5 Å². The molecule has 0 saturated heterocycles. The maximum absolute atomic E-state index is 12.1. The Balaban J connectivity index is 2.08. The van der Waals surface area contributed by atoms with Gasteiger partial charge in [0, 0.05) is 12.4 Å². The molecule has 0 radical (unpaired) electrons. The van der Waals surface area contributed by atoms with Gasteiger partial charge in [0.05, 0.1) is 23.9 Å². The van der Waals surface area contributed by atoms with E-state index in [2.05, 4.69) is 11.1 Å². The van der Waals surface area contributed by atoms with E-state index in [-0.39, 0.29) is 0 Å². The molecule has 0 aliphatic heterocycles. The number of nitrogens with zero attached hydrogens (tertiary/aromatic N) is 4. The summed E-state index contributed by atoms with van der Waals surface area (Å²) in [5.41, 5.74) is 3.44. The zero-order valence-corrected chi connectivity index (χ0v) is 12.8. The Morgan fingerprint density at radius 2 is 1.92 bits per heavy atom. The van der Waals surface area contributed by atoms with Crippen LogP contribution in [0.2, 0.25) is 0 Å². The van der Waals surface area contributed by atoms with E-state index in [4.69, 9.17) is 4.74 Å². The zero-order chi connectivity index (χ0) is 16.7. The number of esters is 1. The molecule has 0 aromatic carbocycles. The van der Waals surface area contributed by atoms with Gasteiger partial charge in [0.25, 0.3) is 0 Å². The molecular weight excluding hydrogens is 304 g/mol. The molecule has 4 rings (SSSR count). The Labute approximate surface area is 137 Å². The normalized spacial score (nSPS) is 10.8. The van der Waals surface area contributed by atoms with Gasteiger partial charge in [-0.3, -0.25) is 4.40 Å². The number of nitriles is 1. The van der Waals surface area contributed by atoms with Gasteiger partial charge in [0.2, 0.25) is 0 Å². The van der Waals surface area contributed by atoms with Gasteiger partial charge in [-0.15, -0.1) is 0 Å². The van der Waals surface area contributed by atoms with Crippen LogP contribution in [-0.4, -0.2) is 26.9 Å². The maximum atomic E-state index is 12.1. The van der Waals surface area contributed by atoms with E-state index in [1.165, 1.54) is 7.11 Å². The molecule has 6 nitrogen and oxygen atoms in total. The Kier molecular flexibility index (Phi) is 3.07. The summed E-state index contributed by atoms with van der Waals surface area (Å²) in [4.78, 5) is 16.6. The quantitative estimate of drug-likeness (QED) is 0.533. The first-order chi connectivity index (χ1) is 11.7. The van der Waals surface area contributed by atoms with Crippen molar-refractivity contribution in [2.45, 2.75) is 0 Å². The first kappa shape index (κ1) is 14.0. The van der Waals surface area contributed by atoms with Crippen molar-refractivity contribution in [3.05, 3.63) is 66.1 Å². The minimum Gasteiger partial charge on any atom is -0.465 e. The number of ether oxygens (including phenoxy) is 1. The average molecular weight is 316 g/mol. The van der Waals surface area contributed by atoms with Crippen molar-refractivity contribution in [1.29, 1.82) is 5.26 Å². The van der Waals surface area contributed by atoms with E-state index >= 15 is 0 Å². The number of carbonyl (C=O) groups excluding carboxylic acids is 1. The first-order valence-electron chi connectivity index (χ1n) is 7.30. The highest BCUT2D eigenvalue weighted by Crippen LogP contribution is 2.29. The third kappa shape index (κ3) is 1.88. The van der Waals surface area contributed by atoms with Gasteiger partial charge in [-0.1, -0.05) is 12.1 Å². The maximum Gasteiger partial charge on any atom is 0.340 e. The van der Waals surface area contributed by atoms with E-state index < -0.39 is 5.97 Å². The molecule has 0 aliphatic rings. The van der Waals surface area contributed by atoms with Crippen LogP contribution in [0.3, 0.4) is 0 Å². The first-order valence-corrected chi connectivity index (χ1v) is 7.30. The van der Waals surface area contributed by atoms with Crippen LogP contribution in [-0.2, 0) is 4.74 Å². The van der Waals surface area contributed by atoms with Crippen LogP contribution in [0.15, 0.2) is 54.9 Å². The third-order valence-corrected chi connectivity index (χ3v) is 3.96. The van der Waals surface area contributed by atoms with Crippen LogP contribution in [0, 0.1) is 11.3 Å². The molecule has 116 valence electrons. The molecule has 0 unspecified atom stereocenters. The van der Waals surface area contributed by atoms with Gasteiger partial charge in [-0.05, 0) is 30.3 Å². The third-order valence-electron chi connectivity index (χ3n) is 3.96. The molecular formula is C18H12N4O2. The highest BCUT2D eigenvalue weighted by atomic mass is 16.5. The van der Waals surface area contributed by atoms with E-state index in [1.807, 2.05) is 47.0 Å². The fourth-order valence-corrected chi connectivity index (χ4v) is 2.89. The Bertz CT molecular complexity index is 1130. The van der Waals surface area contributed by atoms with Gasteiger partial charge in [0.15, 0.2) is 5.69 Å². The van der Waals surface area contributed by atoms with Crippen molar-refractivity contribution in [3.63, 3.8) is 0 Å². The molecule has 0 saturated carbocycles. The fourth-order valence-electron chi connectivity index (χ4n) is 2.89. The molecule has 4 heterocycles. The number of hydrogen-bond donors (Lipinski definition) is 0. The molecule has 0 fully saturated rings. The monoisotopic (exact) mass is 316 g/mol. The molecule has 24 heavy (non-hydrogen) atoms. The molecule has 4 aromatic heterocycles. The summed E-state index contributed by atoms with van der Waals surface area (Å²) < 4.78 is 8.44. The van der Waals surface area contributed by atoms with E-state index in [0.29, 0.717) is 33.8 Å². The van der Waals surface area contributed by atoms with Gasteiger partial charge < -0.3 is 9.14 Å². The molecule has 0 aliphatic carbocycles. The number of carbonyl (C=O) groups is 1. The largest absolute Gasteiger partial charge is 0.465 e. The minimum absolute atomic E-state index is 0.422. The average Bonchev–Trinajstić information content (AvgIpc) is 3.19. The Morgan fingerprint density at radius 1 is 1.17 bits per heavy atom. The molecule has 0 bridgehead atoms. The number of pyridine rings is 2. The van der Waals surface area contributed by atoms with Crippen LogP contribution < -0.4 is 0 Å². The summed E-state index contributed by atoms with van der Waals surface area (Å²) in [5, 5.41) is 9.59. The second kappa shape index (κ2) is 5.25. The minimum atomic E-state index is -0.424. The van der Waals surface area contributed by atoms with Crippen LogP contribution in [0.25, 0.3) is 22.6 Å². The highest BCUT2D eigenvalue weighted by molar-refractivity contribution is 5.99. The molecule has 0 atom stereocenters. The number of rotatable bonds is 2. The van der Waals surface area contributed by atoms with Crippen molar-refractivity contribution in [2.24, 2.45) is 0 Å². The SMILES string of the molecule is COC(=O)c1cc(-c2nc3ccccn3c2C#N)n2ccccc12. The number of methoxy groups -OCH3 is 1. The summed E-state index contributed by atoms with van der Waals surface area (Å²) >= 11 is 0. The zero-order valence-electron chi connectivity index (χ0n) is 12.8. The van der Waals surface area contributed by atoms with Crippen molar-refractivity contribution < 1.29 is 9.53 Å². The molecule has 6 heteroatoms. The lowest BCUT2D eigenvalue weighted by Gasteiger charge is -2.00. The second-order valence-electron chi connectivity index (χ2n) is 5.24. The smallest absolute Gasteiger partial charge is 0.340 e. The number of imidazole rings is 1. The van der Waals surface area contributed by atoms with Crippen molar-refractivity contribution in [2.75, 3.05) is 7.11 Å². The second-order valence-corrected chi connectivity index (χ2v) is 5.24. The summed E-state index contributed by atoms with van der Waals surface area (Å²) in [6, 6.07) is 15.0. The lowest BCUT2D eigenvalue weighted by molar-refractivity contribution is 0.0603. The summed E-state index contributed by atoms with van der Waals surface area (Å²) in [6.07, 6.45) is 3.63. The molecule has 0 amide bonds. The lowest BCUT2D eigenvalue weighted by Crippen LogP contribution is -1.99. The molecule has 0 N–H and O–H groups in total. The molecule has 4 aromatic rings. The number of fused-ring (bicyclic) bond motifs is 2. The van der Waals surface area contributed by atoms with E-state index in [1.54, 1.807) is 16.7 Å². The summed E-state index contributed by atoms with van der Waals surface area (Å²) in [6.45, 7) is 0. The number of hydrogen-bond acceptors (Lipinski definition) is 4. The highest BCUT2D eigenvalue weighted by Gasteiger charge is 2.21. The van der Waals surface area contributed by atoms with Crippen LogP contribution in [0.4, 0.5) is 0 Å². The van der Waals surface area contributed by atoms with Crippen LogP contribution in [0.1, 0.15) is 16.1 Å². The van der Waals surface area contributed by atoms with Gasteiger partial charge in [-0.25, -0.2) is 9.78 Å². The summed E-state index contributed by atoms with van der Waals surface area (Å²) in [7, 11) is 1.35. The molecule has 0 spiro atoms. The standard InChI is InChI=1S/C18H12N4O2/c1-24-18(23)12-10-14(21-8-4-2-6-13(12)21)17-15(11-19)22-9-5-3-7-16(22)20-17/h2-10H,1H3. The fraction of sp³-hybridized carbons (Fsp3) is 0.0556. The van der Waals surface area contributed by atoms with Crippen molar-refractivity contribution >= 4 is 17.1 Å². The van der Waals surface area contributed by atoms with Crippen LogP contribution in [0.5, 0.6) is 0 Å². The van der Waals surface area contributed by atoms with Gasteiger partial charge in [-0.2, -0.15) is 5.26 Å². The predicted molar refractivity (Wildman–Crippen MR) is 87.6 cm³/mol. The van der Waals surface area contributed by atoms with E-state index in [0.717, 1.165) is 0 Å². The van der Waals surface area contributed by atoms with Crippen molar-refractivity contribution in [1.82, 2.24) is 13.8 Å².